The van der Waals surface area contributed by atoms with Crippen molar-refractivity contribution in [3.8, 4) is 0 Å². The minimum atomic E-state index is 0.118. The van der Waals surface area contributed by atoms with E-state index in [0.717, 1.165) is 41.4 Å². The Morgan fingerprint density at radius 1 is 1.50 bits per heavy atom. The summed E-state index contributed by atoms with van der Waals surface area (Å²) in [6.07, 6.45) is 0. The predicted molar refractivity (Wildman–Crippen MR) is 47.0 cm³/mol. The fourth-order valence-electron chi connectivity index (χ4n) is 0.967. The van der Waals surface area contributed by atoms with Crippen LogP contribution in [0.5, 0.6) is 0 Å². The van der Waals surface area contributed by atoms with Gasteiger partial charge in [0.15, 0.2) is 0 Å². The molecule has 0 aliphatic carbocycles. The van der Waals surface area contributed by atoms with E-state index in [9.17, 15) is 4.21 Å². The molecule has 1 fully saturated rings. The Balaban J connectivity index is 2.38. The third-order valence-electron chi connectivity index (χ3n) is 1.68. The maximum absolute atomic E-state index is 10.4. The molecule has 10 heavy (non-hydrogen) atoms. The van der Waals surface area contributed by atoms with Crippen LogP contribution in [0.1, 0.15) is 0 Å². The molecule has 0 aromatic rings. The molecule has 0 atom stereocenters. The summed E-state index contributed by atoms with van der Waals surface area (Å²) in [5, 5.41) is 0. The van der Waals surface area contributed by atoms with Crippen molar-refractivity contribution in [2.24, 2.45) is 0 Å². The summed E-state index contributed by atoms with van der Waals surface area (Å²) >= 11 is 0. The fourth-order valence-corrected chi connectivity index (χ4v) is 3.09. The molecule has 1 heterocycles. The Kier molecular flexibility index (Phi) is 3.59. The monoisotopic (exact) mass is 178 g/mol. The summed E-state index contributed by atoms with van der Waals surface area (Å²) in [6.45, 7) is 6.84. The average molecular weight is 178 g/mol. The summed E-state index contributed by atoms with van der Waals surface area (Å²) in [5.41, 5.74) is 0. The molecule has 0 aromatic carbocycles. The highest BCUT2D eigenvalue weighted by Crippen LogP contribution is 1.98. The summed E-state index contributed by atoms with van der Waals surface area (Å²) in [7, 11) is 0.907. The molecule has 2 nitrogen and oxygen atoms in total. The van der Waals surface area contributed by atoms with Crippen molar-refractivity contribution in [3.05, 3.63) is 6.92 Å². The number of hydrogen-bond donors (Lipinski definition) is 0. The highest BCUT2D eigenvalue weighted by atomic mass is 32.8. The van der Waals surface area contributed by atoms with E-state index < -0.39 is 0 Å². The van der Waals surface area contributed by atoms with Crippen LogP contribution in [0.3, 0.4) is 0 Å². The first-order valence-corrected chi connectivity index (χ1v) is 6.18. The van der Waals surface area contributed by atoms with Gasteiger partial charge in [-0.05, 0) is 13.5 Å². The zero-order valence-corrected chi connectivity index (χ0v) is 7.55. The largest absolute Gasteiger partial charge is 0.302 e. The van der Waals surface area contributed by atoms with Crippen molar-refractivity contribution >= 4 is 19.7 Å². The smallest absolute Gasteiger partial charge is 0.120 e. The maximum Gasteiger partial charge on any atom is 0.120 e. The Morgan fingerprint density at radius 3 is 2.50 bits per heavy atom. The molecule has 4 heteroatoms. The minimum absolute atomic E-state index is 0.118. The second-order valence-corrected chi connectivity index (χ2v) is 5.91. The molecule has 1 saturated heterocycles. The van der Waals surface area contributed by atoms with Gasteiger partial charge in [-0.25, -0.2) is 4.21 Å². The van der Waals surface area contributed by atoms with E-state index in [4.69, 9.17) is 0 Å². The van der Waals surface area contributed by atoms with Gasteiger partial charge in [0.05, 0.1) is 0 Å². The first-order valence-electron chi connectivity index (χ1n) is 3.36. The zero-order valence-electron chi connectivity index (χ0n) is 5.91. The standard InChI is InChI=1S/C6H12NOS2/c1-2-7-3-5-10(9-8)6-4-7/h1-6H2. The van der Waals surface area contributed by atoms with E-state index in [1.54, 1.807) is 0 Å². The lowest BCUT2D eigenvalue weighted by Gasteiger charge is -2.25. The maximum atomic E-state index is 10.4. The van der Waals surface area contributed by atoms with Gasteiger partial charge in [-0.3, -0.25) is 0 Å². The average Bonchev–Trinajstić information content (AvgIpc) is 2.05. The quantitative estimate of drug-likeness (QED) is 0.558. The topological polar surface area (TPSA) is 20.3 Å². The van der Waals surface area contributed by atoms with Crippen LogP contribution in [0.2, 0.25) is 0 Å². The van der Waals surface area contributed by atoms with Gasteiger partial charge < -0.3 is 4.90 Å². The van der Waals surface area contributed by atoms with Gasteiger partial charge >= 0.3 is 0 Å². The summed E-state index contributed by atoms with van der Waals surface area (Å²) in [4.78, 5) is 2.29. The van der Waals surface area contributed by atoms with Gasteiger partial charge in [0.25, 0.3) is 0 Å². The highest BCUT2D eigenvalue weighted by Gasteiger charge is 2.10. The molecule has 0 amide bonds. The Morgan fingerprint density at radius 2 is 2.10 bits per heavy atom. The van der Waals surface area contributed by atoms with Crippen molar-refractivity contribution in [2.75, 3.05) is 31.1 Å². The predicted octanol–water partition coefficient (Wildman–Crippen LogP) is -0.118. The van der Waals surface area contributed by atoms with E-state index in [1.807, 2.05) is 0 Å². The van der Waals surface area contributed by atoms with Gasteiger partial charge in [-0.1, -0.05) is 9.45 Å². The molecule has 0 spiro atoms. The Hall–Kier alpha value is 0.330. The molecule has 59 valence electrons. The van der Waals surface area contributed by atoms with E-state index in [1.165, 1.54) is 0 Å². The van der Waals surface area contributed by atoms with Crippen LogP contribution in [-0.4, -0.2) is 40.2 Å². The third kappa shape index (κ3) is 2.18. The Labute approximate surface area is 67.3 Å². The number of nitrogens with zero attached hydrogens (tertiary/aromatic N) is 1. The normalized spacial score (nSPS) is 22.9. The van der Waals surface area contributed by atoms with E-state index in [2.05, 4.69) is 11.8 Å². The second-order valence-electron chi connectivity index (χ2n) is 2.26. The molecule has 1 rings (SSSR count). The van der Waals surface area contributed by atoms with Gasteiger partial charge in [0.2, 0.25) is 0 Å². The van der Waals surface area contributed by atoms with Crippen LogP contribution in [0.4, 0.5) is 0 Å². The van der Waals surface area contributed by atoms with Crippen molar-refractivity contribution in [1.82, 2.24) is 4.90 Å². The summed E-state index contributed by atoms with van der Waals surface area (Å²) in [6, 6.07) is 0. The molecule has 0 N–H and O–H groups in total. The van der Waals surface area contributed by atoms with E-state index >= 15 is 0 Å². The minimum Gasteiger partial charge on any atom is -0.302 e. The SMILES string of the molecule is [CH2]CN1CCS(=S=O)CC1. The van der Waals surface area contributed by atoms with Crippen molar-refractivity contribution in [2.45, 2.75) is 0 Å². The molecule has 1 aliphatic rings. The van der Waals surface area contributed by atoms with Crippen molar-refractivity contribution in [1.29, 1.82) is 0 Å². The summed E-state index contributed by atoms with van der Waals surface area (Å²) in [5.74, 6) is 2.15. The van der Waals surface area contributed by atoms with Crippen LogP contribution in [0.25, 0.3) is 0 Å². The van der Waals surface area contributed by atoms with Crippen LogP contribution in [-0.2, 0) is 19.7 Å². The molecule has 1 aliphatic heterocycles. The van der Waals surface area contributed by atoms with Gasteiger partial charge in [-0.2, -0.15) is 0 Å². The number of rotatable bonds is 1. The van der Waals surface area contributed by atoms with Gasteiger partial charge in [0.1, 0.15) is 10.2 Å². The zero-order chi connectivity index (χ0) is 7.40. The molecule has 0 unspecified atom stereocenters. The highest BCUT2D eigenvalue weighted by molar-refractivity contribution is 8.31. The van der Waals surface area contributed by atoms with Crippen LogP contribution < -0.4 is 0 Å². The van der Waals surface area contributed by atoms with Gasteiger partial charge in [0, 0.05) is 24.6 Å². The molecular formula is C6H12NOS2. The molecular weight excluding hydrogens is 166 g/mol. The van der Waals surface area contributed by atoms with E-state index in [-0.39, 0.29) is 9.45 Å². The van der Waals surface area contributed by atoms with Gasteiger partial charge in [-0.15, -0.1) is 0 Å². The van der Waals surface area contributed by atoms with Crippen LogP contribution >= 0.6 is 0 Å². The fraction of sp³-hybridized carbons (Fsp3) is 0.833. The summed E-state index contributed by atoms with van der Waals surface area (Å²) < 4.78 is 10.4. The van der Waals surface area contributed by atoms with Crippen LogP contribution in [0, 0.1) is 6.92 Å². The molecule has 0 bridgehead atoms. The van der Waals surface area contributed by atoms with Crippen molar-refractivity contribution in [3.63, 3.8) is 0 Å². The first kappa shape index (κ1) is 8.43. The lowest BCUT2D eigenvalue weighted by molar-refractivity contribution is 0.334. The lowest BCUT2D eigenvalue weighted by Crippen LogP contribution is -2.37. The third-order valence-corrected chi connectivity index (χ3v) is 4.73. The second kappa shape index (κ2) is 4.26. The molecule has 0 aromatic heterocycles. The molecule has 0 saturated carbocycles. The molecule has 1 radical (unpaired) electrons. The van der Waals surface area contributed by atoms with Crippen molar-refractivity contribution < 1.29 is 4.21 Å². The van der Waals surface area contributed by atoms with Crippen LogP contribution in [0.15, 0.2) is 0 Å². The lowest BCUT2D eigenvalue weighted by atomic mass is 10.5. The first-order chi connectivity index (χ1) is 4.86. The number of hydrogen-bond acceptors (Lipinski definition) is 2. The Bertz CT molecular complexity index is 155. The van der Waals surface area contributed by atoms with E-state index in [0.29, 0.717) is 0 Å².